The summed E-state index contributed by atoms with van der Waals surface area (Å²) in [6.07, 6.45) is -1.26. The van der Waals surface area contributed by atoms with Crippen LogP contribution in [0.1, 0.15) is 12.6 Å². The van der Waals surface area contributed by atoms with E-state index in [1.807, 2.05) is 0 Å². The number of imidazole rings is 1. The van der Waals surface area contributed by atoms with Gasteiger partial charge in [0.1, 0.15) is 12.3 Å². The number of phosphoric ester groups is 1. The lowest BCUT2D eigenvalue weighted by Gasteiger charge is -2.16. The molecule has 0 bridgehead atoms. The van der Waals surface area contributed by atoms with Gasteiger partial charge in [-0.3, -0.25) is 18.9 Å². The number of aromatic amines is 1. The van der Waals surface area contributed by atoms with Crippen molar-refractivity contribution < 1.29 is 28.7 Å². The zero-order valence-electron chi connectivity index (χ0n) is 11.6. The first kappa shape index (κ1) is 16.1. The molecule has 23 heavy (non-hydrogen) atoms. The molecule has 0 amide bonds. The molecule has 12 nitrogen and oxygen atoms in total. The molecule has 2 aromatic rings. The van der Waals surface area contributed by atoms with E-state index in [1.165, 1.54) is 10.9 Å². The summed E-state index contributed by atoms with van der Waals surface area (Å²) in [5.74, 6) is -0.0934. The normalized spacial score (nSPS) is 25.3. The first-order valence-corrected chi connectivity index (χ1v) is 8.03. The van der Waals surface area contributed by atoms with Gasteiger partial charge in [-0.1, -0.05) is 0 Å². The van der Waals surface area contributed by atoms with E-state index in [0.717, 1.165) is 0 Å². The Morgan fingerprint density at radius 3 is 3.00 bits per heavy atom. The Balaban J connectivity index is 1.84. The first-order valence-electron chi connectivity index (χ1n) is 6.50. The van der Waals surface area contributed by atoms with Gasteiger partial charge in [-0.05, 0) is 0 Å². The summed E-state index contributed by atoms with van der Waals surface area (Å²) in [4.78, 5) is 39.3. The molecule has 0 spiro atoms. The summed E-state index contributed by atoms with van der Waals surface area (Å²) in [5.41, 5.74) is 5.23. The number of nitrogens with zero attached hydrogens (tertiary/aromatic N) is 3. The van der Waals surface area contributed by atoms with Crippen LogP contribution in [-0.4, -0.2) is 53.2 Å². The van der Waals surface area contributed by atoms with Crippen LogP contribution in [0, 0.1) is 0 Å². The van der Waals surface area contributed by atoms with Gasteiger partial charge in [-0.15, -0.1) is 0 Å². The van der Waals surface area contributed by atoms with Crippen molar-refractivity contribution in [3.05, 3.63) is 16.7 Å². The molecule has 126 valence electrons. The summed E-state index contributed by atoms with van der Waals surface area (Å²) < 4.78 is 22.0. The number of hydrogen-bond acceptors (Lipinski definition) is 8. The Kier molecular flexibility index (Phi) is 3.96. The van der Waals surface area contributed by atoms with Crippen LogP contribution in [0.4, 0.5) is 5.95 Å². The van der Waals surface area contributed by atoms with Crippen LogP contribution in [0.5, 0.6) is 0 Å². The summed E-state index contributed by atoms with van der Waals surface area (Å²) in [7, 11) is -4.66. The van der Waals surface area contributed by atoms with E-state index in [1.54, 1.807) is 0 Å². The number of aliphatic hydroxyl groups excluding tert-OH is 1. The molecule has 2 aromatic heterocycles. The Bertz CT molecular complexity index is 829. The molecule has 1 saturated heterocycles. The molecule has 13 heteroatoms. The highest BCUT2D eigenvalue weighted by atomic mass is 31.2. The molecular formula is C10H14N5O7P. The lowest BCUT2D eigenvalue weighted by Crippen LogP contribution is -2.25. The Labute approximate surface area is 128 Å². The number of ether oxygens (including phenoxy) is 1. The highest BCUT2D eigenvalue weighted by molar-refractivity contribution is 7.46. The Morgan fingerprint density at radius 2 is 2.30 bits per heavy atom. The number of nitrogens with one attached hydrogen (secondary N) is 1. The molecule has 3 heterocycles. The molecule has 0 aromatic carbocycles. The molecular weight excluding hydrogens is 338 g/mol. The minimum Gasteiger partial charge on any atom is -0.390 e. The first-order chi connectivity index (χ1) is 10.7. The quantitative estimate of drug-likeness (QED) is 0.319. The highest BCUT2D eigenvalue weighted by Crippen LogP contribution is 2.38. The SMILES string of the molecule is Nc1nc2c(ncn2[13C@H]2[13CH2][13C@H](O)[13C@@H]([13CH2]OP(=O)(O)O)O2)c(=O)[nH]1. The highest BCUT2D eigenvalue weighted by Gasteiger charge is 2.37. The number of H-pyrrole nitrogens is 1. The fourth-order valence-electron chi connectivity index (χ4n) is 2.36. The van der Waals surface area contributed by atoms with Crippen molar-refractivity contribution in [2.45, 2.75) is 24.9 Å². The molecule has 0 saturated carbocycles. The van der Waals surface area contributed by atoms with Gasteiger partial charge in [-0.25, -0.2) is 9.55 Å². The van der Waals surface area contributed by atoms with Crippen molar-refractivity contribution in [3.8, 4) is 0 Å². The number of fused-ring (bicyclic) bond motifs is 1. The van der Waals surface area contributed by atoms with E-state index in [2.05, 4.69) is 19.5 Å². The lowest BCUT2D eigenvalue weighted by atomic mass is 10.5. The molecule has 1 aliphatic heterocycles. The maximum absolute atomic E-state index is 11.7. The minimum atomic E-state index is -4.66. The summed E-state index contributed by atoms with van der Waals surface area (Å²) >= 11 is 0. The van der Waals surface area contributed by atoms with E-state index in [4.69, 9.17) is 20.3 Å². The fraction of sp³-hybridized carbons (Fsp3) is 0.500. The van der Waals surface area contributed by atoms with E-state index < -0.39 is 38.4 Å². The maximum Gasteiger partial charge on any atom is 0.469 e. The molecule has 0 unspecified atom stereocenters. The summed E-state index contributed by atoms with van der Waals surface area (Å²) in [5, 5.41) is 9.93. The number of nitrogens with two attached hydrogens (primary N) is 1. The average Bonchev–Trinajstić information content (AvgIpc) is 2.99. The van der Waals surface area contributed by atoms with E-state index >= 15 is 0 Å². The van der Waals surface area contributed by atoms with Crippen molar-refractivity contribution in [2.24, 2.45) is 0 Å². The Morgan fingerprint density at radius 1 is 1.57 bits per heavy atom. The number of rotatable bonds is 4. The fourth-order valence-corrected chi connectivity index (χ4v) is 2.70. The molecule has 0 aliphatic carbocycles. The standard InChI is InChI=1S/C10H14N5O7P/c11-10-13-8-7(9(17)14-10)12-3-15(8)6-1-4(16)5(22-6)2-21-23(18,19)20/h3-6,16H,1-2H2,(H2,18,19,20)(H3,11,13,14,17)/t4-,5+,6+/m0/s1/i1+1,2+1,4+1,5+1,6+1. The van der Waals surface area contributed by atoms with E-state index in [0.29, 0.717) is 0 Å². The van der Waals surface area contributed by atoms with Crippen LogP contribution in [0.2, 0.25) is 0 Å². The second kappa shape index (κ2) is 5.67. The predicted octanol–water partition coefficient (Wildman–Crippen LogP) is -1.54. The van der Waals surface area contributed by atoms with Gasteiger partial charge in [0.05, 0.1) is 19.0 Å². The van der Waals surface area contributed by atoms with Crippen molar-refractivity contribution in [1.82, 2.24) is 19.5 Å². The topological polar surface area (TPSA) is 186 Å². The molecule has 3 atom stereocenters. The van der Waals surface area contributed by atoms with Crippen LogP contribution < -0.4 is 11.3 Å². The molecule has 0 radical (unpaired) electrons. The maximum atomic E-state index is 11.7. The van der Waals surface area contributed by atoms with Crippen LogP contribution >= 0.6 is 7.82 Å². The smallest absolute Gasteiger partial charge is 0.390 e. The molecule has 3 rings (SSSR count). The Hall–Kier alpha value is -1.82. The third kappa shape index (κ3) is 3.27. The average molecular weight is 352 g/mol. The monoisotopic (exact) mass is 352 g/mol. The number of hydrogen-bond donors (Lipinski definition) is 5. The van der Waals surface area contributed by atoms with Crippen LogP contribution in [0.3, 0.4) is 0 Å². The number of aromatic nitrogens is 4. The zero-order valence-corrected chi connectivity index (χ0v) is 12.5. The number of phosphoric acid groups is 1. The van der Waals surface area contributed by atoms with Gasteiger partial charge < -0.3 is 25.4 Å². The molecule has 1 aliphatic rings. The van der Waals surface area contributed by atoms with Gasteiger partial charge >= 0.3 is 7.82 Å². The van der Waals surface area contributed by atoms with Crippen LogP contribution in [-0.2, 0) is 13.8 Å². The summed E-state index contributed by atoms with van der Waals surface area (Å²) in [6.45, 7) is -0.481. The van der Waals surface area contributed by atoms with Gasteiger partial charge in [0.25, 0.3) is 5.56 Å². The van der Waals surface area contributed by atoms with Gasteiger partial charge in [0.15, 0.2) is 11.2 Å². The van der Waals surface area contributed by atoms with E-state index in [9.17, 15) is 14.5 Å². The predicted molar refractivity (Wildman–Crippen MR) is 75.1 cm³/mol. The molecule has 1 fully saturated rings. The zero-order chi connectivity index (χ0) is 16.8. The third-order valence-corrected chi connectivity index (χ3v) is 3.86. The lowest BCUT2D eigenvalue weighted by molar-refractivity contribution is -0.0424. The van der Waals surface area contributed by atoms with Crippen molar-refractivity contribution in [1.29, 1.82) is 0 Å². The van der Waals surface area contributed by atoms with Crippen LogP contribution in [0.15, 0.2) is 11.1 Å². The second-order valence-corrected chi connectivity index (χ2v) is 6.23. The second-order valence-electron chi connectivity index (χ2n) is 4.99. The number of aliphatic hydroxyl groups is 1. The molecule has 6 N–H and O–H groups in total. The summed E-state index contributed by atoms with van der Waals surface area (Å²) in [6, 6.07) is 0. The third-order valence-electron chi connectivity index (χ3n) is 3.37. The van der Waals surface area contributed by atoms with Crippen molar-refractivity contribution in [3.63, 3.8) is 0 Å². The van der Waals surface area contributed by atoms with Crippen molar-refractivity contribution in [2.75, 3.05) is 12.3 Å². The minimum absolute atomic E-state index is 0.0622. The van der Waals surface area contributed by atoms with Crippen molar-refractivity contribution >= 4 is 24.9 Å². The van der Waals surface area contributed by atoms with E-state index in [-0.39, 0.29) is 23.5 Å². The van der Waals surface area contributed by atoms with Gasteiger partial charge in [0.2, 0.25) is 5.95 Å². The van der Waals surface area contributed by atoms with Gasteiger partial charge in [0, 0.05) is 6.42 Å². The number of nitrogen functional groups attached to an aromatic ring is 1. The number of anilines is 1. The van der Waals surface area contributed by atoms with Crippen LogP contribution in [0.25, 0.3) is 11.2 Å². The van der Waals surface area contributed by atoms with Gasteiger partial charge in [-0.2, -0.15) is 4.98 Å². The largest absolute Gasteiger partial charge is 0.469 e.